The molecule has 0 amide bonds. The van der Waals surface area contributed by atoms with Crippen LogP contribution in [0.1, 0.15) is 0 Å². The average molecular weight is 554 g/mol. The lowest BCUT2D eigenvalue weighted by atomic mass is 9.98. The number of fused-ring (bicyclic) bond motifs is 7. The Hall–Kier alpha value is -5.94. The SMILES string of the molecule is c1ccc(-c2cc(N(c3ccc4oc5ncccc5c4c3)c3ccnc4c3oc3ccccc34)c3ccccc3c2)cc1. The number of pyridine rings is 2. The van der Waals surface area contributed by atoms with Crippen molar-refractivity contribution in [2.24, 2.45) is 0 Å². The quantitative estimate of drug-likeness (QED) is 0.217. The van der Waals surface area contributed by atoms with E-state index in [1.165, 1.54) is 0 Å². The zero-order valence-electron chi connectivity index (χ0n) is 22.9. The molecule has 0 N–H and O–H groups in total. The van der Waals surface area contributed by atoms with Crippen molar-refractivity contribution in [3.63, 3.8) is 0 Å². The number of para-hydroxylation sites is 1. The van der Waals surface area contributed by atoms with Gasteiger partial charge in [-0.25, -0.2) is 4.98 Å². The first kappa shape index (κ1) is 23.7. The number of hydrogen-bond acceptors (Lipinski definition) is 5. The van der Waals surface area contributed by atoms with Gasteiger partial charge in [0.2, 0.25) is 5.71 Å². The minimum atomic E-state index is 0.626. The third-order valence-electron chi connectivity index (χ3n) is 8.16. The molecule has 0 radical (unpaired) electrons. The lowest BCUT2D eigenvalue weighted by molar-refractivity contribution is 0.654. The number of rotatable bonds is 4. The van der Waals surface area contributed by atoms with Crippen molar-refractivity contribution in [2.75, 3.05) is 4.90 Å². The van der Waals surface area contributed by atoms with Gasteiger partial charge < -0.3 is 13.7 Å². The van der Waals surface area contributed by atoms with Gasteiger partial charge in [-0.05, 0) is 77.2 Å². The fraction of sp³-hybridized carbons (Fsp3) is 0. The van der Waals surface area contributed by atoms with E-state index in [0.717, 1.165) is 77.4 Å². The monoisotopic (exact) mass is 553 g/mol. The third kappa shape index (κ3) is 3.72. The molecular formula is C38H23N3O2. The van der Waals surface area contributed by atoms with Crippen molar-refractivity contribution in [2.45, 2.75) is 0 Å². The summed E-state index contributed by atoms with van der Waals surface area (Å²) >= 11 is 0. The first-order chi connectivity index (χ1) is 21.3. The van der Waals surface area contributed by atoms with Crippen molar-refractivity contribution in [3.05, 3.63) is 140 Å². The van der Waals surface area contributed by atoms with Crippen LogP contribution in [0.4, 0.5) is 17.1 Å². The van der Waals surface area contributed by atoms with E-state index in [2.05, 4.69) is 94.8 Å². The number of anilines is 3. The normalized spacial score (nSPS) is 11.7. The van der Waals surface area contributed by atoms with Crippen LogP contribution in [0, 0.1) is 0 Å². The largest absolute Gasteiger partial charge is 0.452 e. The van der Waals surface area contributed by atoms with E-state index in [4.69, 9.17) is 13.8 Å². The fourth-order valence-corrected chi connectivity index (χ4v) is 6.19. The minimum Gasteiger partial charge on any atom is -0.452 e. The van der Waals surface area contributed by atoms with Crippen LogP contribution in [-0.2, 0) is 0 Å². The van der Waals surface area contributed by atoms with Crippen LogP contribution in [-0.4, -0.2) is 9.97 Å². The Morgan fingerprint density at radius 1 is 0.488 bits per heavy atom. The van der Waals surface area contributed by atoms with Gasteiger partial charge in [0, 0.05) is 39.6 Å². The summed E-state index contributed by atoms with van der Waals surface area (Å²) in [5.74, 6) is 0. The van der Waals surface area contributed by atoms with E-state index in [9.17, 15) is 0 Å². The van der Waals surface area contributed by atoms with Gasteiger partial charge in [0.05, 0.1) is 11.4 Å². The maximum atomic E-state index is 6.54. The lowest BCUT2D eigenvalue weighted by Crippen LogP contribution is -2.11. The van der Waals surface area contributed by atoms with E-state index in [1.54, 1.807) is 6.20 Å². The predicted octanol–water partition coefficient (Wildman–Crippen LogP) is 10.6. The Bertz CT molecular complexity index is 2480. The van der Waals surface area contributed by atoms with Gasteiger partial charge in [-0.3, -0.25) is 4.98 Å². The smallest absolute Gasteiger partial charge is 0.227 e. The van der Waals surface area contributed by atoms with Gasteiger partial charge in [0.15, 0.2) is 5.58 Å². The molecule has 5 heteroatoms. The first-order valence-electron chi connectivity index (χ1n) is 14.2. The molecule has 202 valence electrons. The molecular weight excluding hydrogens is 530 g/mol. The van der Waals surface area contributed by atoms with E-state index in [0.29, 0.717) is 5.71 Å². The zero-order valence-corrected chi connectivity index (χ0v) is 22.9. The van der Waals surface area contributed by atoms with Crippen LogP contribution in [0.2, 0.25) is 0 Å². The topological polar surface area (TPSA) is 55.3 Å². The fourth-order valence-electron chi connectivity index (χ4n) is 6.19. The van der Waals surface area contributed by atoms with E-state index in [-0.39, 0.29) is 0 Å². The second-order valence-corrected chi connectivity index (χ2v) is 10.7. The Morgan fingerprint density at radius 2 is 1.28 bits per heavy atom. The Balaban J connectivity index is 1.39. The first-order valence-corrected chi connectivity index (χ1v) is 14.2. The molecule has 0 aliphatic rings. The van der Waals surface area contributed by atoms with Gasteiger partial charge in [-0.15, -0.1) is 0 Å². The second kappa shape index (κ2) is 9.29. The summed E-state index contributed by atoms with van der Waals surface area (Å²) in [7, 11) is 0. The van der Waals surface area contributed by atoms with Gasteiger partial charge in [0.1, 0.15) is 16.7 Å². The maximum Gasteiger partial charge on any atom is 0.227 e. The molecule has 4 aromatic heterocycles. The average Bonchev–Trinajstić information content (AvgIpc) is 3.64. The molecule has 43 heavy (non-hydrogen) atoms. The number of hydrogen-bond donors (Lipinski definition) is 0. The molecule has 0 aliphatic heterocycles. The summed E-state index contributed by atoms with van der Waals surface area (Å²) in [6.45, 7) is 0. The maximum absolute atomic E-state index is 6.54. The summed E-state index contributed by atoms with van der Waals surface area (Å²) in [6.07, 6.45) is 3.62. The van der Waals surface area contributed by atoms with Crippen molar-refractivity contribution in [1.29, 1.82) is 0 Å². The molecule has 0 saturated carbocycles. The molecule has 0 aliphatic carbocycles. The van der Waals surface area contributed by atoms with Crippen LogP contribution in [0.3, 0.4) is 0 Å². The Labute approximate surface area is 246 Å². The van der Waals surface area contributed by atoms with Crippen molar-refractivity contribution in [3.8, 4) is 11.1 Å². The summed E-state index contributed by atoms with van der Waals surface area (Å²) in [6, 6.07) is 44.0. The molecule has 0 fully saturated rings. The standard InChI is InChI=1S/C38H23N3O2/c1-2-9-24(10-3-1)26-21-25-11-4-5-12-28(25)33(22-26)41(27-16-17-35-31(23-27)29-14-8-19-40-38(29)43-35)32-18-20-39-36-30-13-6-7-15-34(30)42-37(32)36/h1-23H. The molecule has 0 unspecified atom stereocenters. The van der Waals surface area contributed by atoms with Crippen LogP contribution in [0.5, 0.6) is 0 Å². The number of nitrogens with zero attached hydrogens (tertiary/aromatic N) is 3. The molecule has 0 atom stereocenters. The zero-order chi connectivity index (χ0) is 28.3. The van der Waals surface area contributed by atoms with Gasteiger partial charge in [0.25, 0.3) is 0 Å². The van der Waals surface area contributed by atoms with Crippen LogP contribution < -0.4 is 4.90 Å². The molecule has 4 heterocycles. The third-order valence-corrected chi connectivity index (χ3v) is 8.16. The van der Waals surface area contributed by atoms with Gasteiger partial charge in [-0.1, -0.05) is 66.7 Å². The molecule has 9 rings (SSSR count). The molecule has 5 aromatic carbocycles. The van der Waals surface area contributed by atoms with Crippen molar-refractivity contribution >= 4 is 72.0 Å². The van der Waals surface area contributed by atoms with Crippen LogP contribution in [0.15, 0.2) is 149 Å². The lowest BCUT2D eigenvalue weighted by Gasteiger charge is -2.27. The number of aromatic nitrogens is 2. The molecule has 9 aromatic rings. The Morgan fingerprint density at radius 3 is 2.21 bits per heavy atom. The van der Waals surface area contributed by atoms with E-state index < -0.39 is 0 Å². The summed E-state index contributed by atoms with van der Waals surface area (Å²) in [5, 5.41) is 5.25. The van der Waals surface area contributed by atoms with Crippen molar-refractivity contribution < 1.29 is 8.83 Å². The highest BCUT2D eigenvalue weighted by atomic mass is 16.3. The minimum absolute atomic E-state index is 0.626. The predicted molar refractivity (Wildman–Crippen MR) is 174 cm³/mol. The molecule has 5 nitrogen and oxygen atoms in total. The van der Waals surface area contributed by atoms with E-state index in [1.807, 2.05) is 48.7 Å². The van der Waals surface area contributed by atoms with Crippen LogP contribution >= 0.6 is 0 Å². The van der Waals surface area contributed by atoms with E-state index >= 15 is 0 Å². The highest BCUT2D eigenvalue weighted by Gasteiger charge is 2.23. The van der Waals surface area contributed by atoms with Crippen LogP contribution in [0.25, 0.3) is 66.0 Å². The Kier molecular flexibility index (Phi) is 5.13. The summed E-state index contributed by atoms with van der Waals surface area (Å²) < 4.78 is 12.6. The summed E-state index contributed by atoms with van der Waals surface area (Å²) in [5.41, 5.74) is 9.00. The second-order valence-electron chi connectivity index (χ2n) is 10.7. The number of furan rings is 2. The van der Waals surface area contributed by atoms with Gasteiger partial charge >= 0.3 is 0 Å². The molecule has 0 saturated heterocycles. The van der Waals surface area contributed by atoms with Gasteiger partial charge in [-0.2, -0.15) is 0 Å². The number of benzene rings is 5. The highest BCUT2D eigenvalue weighted by molar-refractivity contribution is 6.11. The van der Waals surface area contributed by atoms with Crippen molar-refractivity contribution in [1.82, 2.24) is 9.97 Å². The molecule has 0 bridgehead atoms. The summed E-state index contributed by atoms with van der Waals surface area (Å²) in [4.78, 5) is 11.5. The molecule has 0 spiro atoms. The highest BCUT2D eigenvalue weighted by Crippen LogP contribution is 2.46.